The summed E-state index contributed by atoms with van der Waals surface area (Å²) in [5.41, 5.74) is 0.888. The Morgan fingerprint density at radius 1 is 1.12 bits per heavy atom. The molecule has 6 nitrogen and oxygen atoms in total. The van der Waals surface area contributed by atoms with Crippen molar-refractivity contribution in [3.05, 3.63) is 59.9 Å². The van der Waals surface area contributed by atoms with E-state index in [1.807, 2.05) is 42.5 Å². The summed E-state index contributed by atoms with van der Waals surface area (Å²) < 4.78 is 7.83. The number of hydrogen-bond acceptors (Lipinski definition) is 6. The van der Waals surface area contributed by atoms with Crippen LogP contribution in [-0.4, -0.2) is 24.8 Å². The van der Waals surface area contributed by atoms with Crippen molar-refractivity contribution < 1.29 is 4.74 Å². The van der Waals surface area contributed by atoms with Gasteiger partial charge < -0.3 is 4.74 Å². The van der Waals surface area contributed by atoms with E-state index < -0.39 is 0 Å². The second kappa shape index (κ2) is 6.37. The van der Waals surface area contributed by atoms with Crippen molar-refractivity contribution in [1.29, 1.82) is 0 Å². The highest BCUT2D eigenvalue weighted by molar-refractivity contribution is 7.16. The Balaban J connectivity index is 1.68. The molecule has 0 amide bonds. The van der Waals surface area contributed by atoms with Crippen LogP contribution in [0.1, 0.15) is 24.5 Å². The first-order valence-electron chi connectivity index (χ1n) is 7.69. The number of ether oxygens (including phenoxy) is 1. The Morgan fingerprint density at radius 3 is 2.75 bits per heavy atom. The predicted molar refractivity (Wildman–Crippen MR) is 92.0 cm³/mol. The highest BCUT2D eigenvalue weighted by Gasteiger charge is 2.20. The van der Waals surface area contributed by atoms with E-state index >= 15 is 0 Å². The topological polar surface area (TPSA) is 65.2 Å². The number of fused-ring (bicyclic) bond motifs is 1. The minimum atomic E-state index is -0.110. The van der Waals surface area contributed by atoms with Gasteiger partial charge in [0.1, 0.15) is 5.75 Å². The lowest BCUT2D eigenvalue weighted by Gasteiger charge is -2.14. The van der Waals surface area contributed by atoms with Gasteiger partial charge in [-0.15, -0.1) is 10.2 Å². The lowest BCUT2D eigenvalue weighted by molar-refractivity contribution is 0.199. The average Bonchev–Trinajstić information content (AvgIpc) is 3.22. The molecule has 4 rings (SSSR count). The summed E-state index contributed by atoms with van der Waals surface area (Å²) in [5.74, 6) is 1.53. The average molecular weight is 337 g/mol. The summed E-state index contributed by atoms with van der Waals surface area (Å²) in [6.45, 7) is 2.08. The van der Waals surface area contributed by atoms with Crippen molar-refractivity contribution in [1.82, 2.24) is 24.8 Å². The molecule has 0 aliphatic heterocycles. The summed E-state index contributed by atoms with van der Waals surface area (Å²) in [4.78, 5) is 4.88. The highest BCUT2D eigenvalue weighted by Crippen LogP contribution is 2.29. The van der Waals surface area contributed by atoms with E-state index in [4.69, 9.17) is 4.74 Å². The SMILES string of the molecule is CCC(Oc1ccccc1)c1nn2c(-c3cccnc3)nnc2s1. The van der Waals surface area contributed by atoms with Crippen LogP contribution in [0.3, 0.4) is 0 Å². The van der Waals surface area contributed by atoms with Gasteiger partial charge >= 0.3 is 0 Å². The monoisotopic (exact) mass is 337 g/mol. The Labute approximate surface area is 142 Å². The summed E-state index contributed by atoms with van der Waals surface area (Å²) in [7, 11) is 0. The number of pyridine rings is 1. The second-order valence-corrected chi connectivity index (χ2v) is 6.22. The quantitative estimate of drug-likeness (QED) is 0.554. The maximum Gasteiger partial charge on any atom is 0.235 e. The van der Waals surface area contributed by atoms with Crippen molar-refractivity contribution in [3.63, 3.8) is 0 Å². The maximum atomic E-state index is 6.07. The van der Waals surface area contributed by atoms with Gasteiger partial charge in [0.2, 0.25) is 4.96 Å². The third kappa shape index (κ3) is 2.74. The van der Waals surface area contributed by atoms with Crippen LogP contribution in [-0.2, 0) is 0 Å². The number of benzene rings is 1. The van der Waals surface area contributed by atoms with Crippen molar-refractivity contribution in [3.8, 4) is 17.1 Å². The van der Waals surface area contributed by atoms with E-state index in [0.717, 1.165) is 27.7 Å². The molecule has 24 heavy (non-hydrogen) atoms. The van der Waals surface area contributed by atoms with Crippen LogP contribution in [0.2, 0.25) is 0 Å². The lowest BCUT2D eigenvalue weighted by Crippen LogP contribution is -2.07. The summed E-state index contributed by atoms with van der Waals surface area (Å²) in [5, 5.41) is 14.0. The van der Waals surface area contributed by atoms with Crippen molar-refractivity contribution >= 4 is 16.3 Å². The van der Waals surface area contributed by atoms with E-state index in [1.54, 1.807) is 16.9 Å². The molecule has 3 aromatic heterocycles. The van der Waals surface area contributed by atoms with Crippen LogP contribution in [0.4, 0.5) is 0 Å². The van der Waals surface area contributed by atoms with Crippen LogP contribution in [0.5, 0.6) is 5.75 Å². The summed E-state index contributed by atoms with van der Waals surface area (Å²) in [6.07, 6.45) is 4.20. The van der Waals surface area contributed by atoms with E-state index in [-0.39, 0.29) is 6.10 Å². The molecule has 4 aromatic rings. The number of hydrogen-bond donors (Lipinski definition) is 0. The Hall–Kier alpha value is -2.80. The van der Waals surface area contributed by atoms with E-state index in [0.29, 0.717) is 5.82 Å². The number of rotatable bonds is 5. The standard InChI is InChI=1S/C17H15N5OS/c1-2-14(23-13-8-4-3-5-9-13)16-21-22-15(19-20-17(22)24-16)12-7-6-10-18-11-12/h3-11,14H,2H2,1H3. The fourth-order valence-electron chi connectivity index (χ4n) is 2.41. The zero-order valence-corrected chi connectivity index (χ0v) is 13.8. The number of aromatic nitrogens is 5. The van der Waals surface area contributed by atoms with E-state index in [2.05, 4.69) is 27.2 Å². The molecule has 0 saturated heterocycles. The van der Waals surface area contributed by atoms with Gasteiger partial charge in [-0.25, -0.2) is 0 Å². The van der Waals surface area contributed by atoms with Crippen LogP contribution in [0.25, 0.3) is 16.3 Å². The Kier molecular flexibility index (Phi) is 3.92. The first-order chi connectivity index (χ1) is 11.8. The number of para-hydroxylation sites is 1. The van der Waals surface area contributed by atoms with Crippen molar-refractivity contribution in [2.75, 3.05) is 0 Å². The zero-order valence-electron chi connectivity index (χ0n) is 13.0. The van der Waals surface area contributed by atoms with Gasteiger partial charge in [0.05, 0.1) is 0 Å². The van der Waals surface area contributed by atoms with E-state index in [1.165, 1.54) is 11.3 Å². The van der Waals surface area contributed by atoms with Crippen LogP contribution >= 0.6 is 11.3 Å². The second-order valence-electron chi connectivity index (χ2n) is 5.23. The molecule has 0 spiro atoms. The number of nitrogens with zero attached hydrogens (tertiary/aromatic N) is 5. The Morgan fingerprint density at radius 2 is 2.00 bits per heavy atom. The molecule has 0 N–H and O–H groups in total. The van der Waals surface area contributed by atoms with Gasteiger partial charge in [-0.3, -0.25) is 4.98 Å². The van der Waals surface area contributed by atoms with Crippen LogP contribution in [0, 0.1) is 0 Å². The first-order valence-corrected chi connectivity index (χ1v) is 8.51. The normalized spacial score (nSPS) is 12.4. The predicted octanol–water partition coefficient (Wildman–Crippen LogP) is 3.78. The molecule has 0 bridgehead atoms. The highest BCUT2D eigenvalue weighted by atomic mass is 32.1. The minimum absolute atomic E-state index is 0.110. The molecular formula is C17H15N5OS. The van der Waals surface area contributed by atoms with Gasteiger partial charge in [0, 0.05) is 18.0 Å². The third-order valence-electron chi connectivity index (χ3n) is 3.59. The zero-order chi connectivity index (χ0) is 16.4. The molecule has 0 saturated carbocycles. The fraction of sp³-hybridized carbons (Fsp3) is 0.176. The molecule has 0 aliphatic rings. The van der Waals surface area contributed by atoms with Crippen LogP contribution in [0.15, 0.2) is 54.9 Å². The molecule has 1 atom stereocenters. The third-order valence-corrected chi connectivity index (χ3v) is 4.58. The molecule has 3 heterocycles. The molecule has 0 aliphatic carbocycles. The van der Waals surface area contributed by atoms with Crippen molar-refractivity contribution in [2.45, 2.75) is 19.4 Å². The summed E-state index contributed by atoms with van der Waals surface area (Å²) >= 11 is 1.50. The lowest BCUT2D eigenvalue weighted by atomic mass is 10.3. The molecule has 0 radical (unpaired) electrons. The van der Waals surface area contributed by atoms with Crippen LogP contribution < -0.4 is 4.74 Å². The molecule has 1 unspecified atom stereocenters. The molecule has 0 fully saturated rings. The Bertz CT molecular complexity index is 935. The van der Waals surface area contributed by atoms with E-state index in [9.17, 15) is 0 Å². The minimum Gasteiger partial charge on any atom is -0.483 e. The first kappa shape index (κ1) is 14.8. The summed E-state index contributed by atoms with van der Waals surface area (Å²) in [6, 6.07) is 13.6. The smallest absolute Gasteiger partial charge is 0.235 e. The van der Waals surface area contributed by atoms with Gasteiger partial charge in [0.15, 0.2) is 16.9 Å². The van der Waals surface area contributed by atoms with Gasteiger partial charge in [-0.2, -0.15) is 9.61 Å². The van der Waals surface area contributed by atoms with Gasteiger partial charge in [0.25, 0.3) is 0 Å². The molecular weight excluding hydrogens is 322 g/mol. The largest absolute Gasteiger partial charge is 0.483 e. The van der Waals surface area contributed by atoms with Gasteiger partial charge in [-0.05, 0) is 30.7 Å². The molecule has 7 heteroatoms. The maximum absolute atomic E-state index is 6.07. The van der Waals surface area contributed by atoms with Gasteiger partial charge in [-0.1, -0.05) is 36.5 Å². The van der Waals surface area contributed by atoms with Crippen molar-refractivity contribution in [2.24, 2.45) is 0 Å². The molecule has 1 aromatic carbocycles. The molecule has 120 valence electrons. The fourth-order valence-corrected chi connectivity index (χ4v) is 3.36.